The number of H-pyrrole nitrogens is 1. The lowest BCUT2D eigenvalue weighted by atomic mass is 10.1. The molecule has 1 aromatic carbocycles. The maximum atomic E-state index is 12.8. The first kappa shape index (κ1) is 15.8. The predicted octanol–water partition coefficient (Wildman–Crippen LogP) is 3.24. The molecular weight excluding hydrogens is 329 g/mol. The number of benzene rings is 1. The van der Waals surface area contributed by atoms with Crippen molar-refractivity contribution >= 4 is 29.0 Å². The van der Waals surface area contributed by atoms with Gasteiger partial charge in [-0.05, 0) is 17.1 Å². The average molecular weight is 335 g/mol. The van der Waals surface area contributed by atoms with Crippen LogP contribution in [-0.4, -0.2) is 21.0 Å². The highest BCUT2D eigenvalue weighted by Crippen LogP contribution is 2.35. The molecule has 22 heavy (non-hydrogen) atoms. The smallest absolute Gasteiger partial charge is 0.358 e. The van der Waals surface area contributed by atoms with E-state index >= 15 is 0 Å². The molecule has 1 amide bonds. The number of rotatable bonds is 3. The van der Waals surface area contributed by atoms with Gasteiger partial charge in [-0.3, -0.25) is 4.79 Å². The number of aromatic amines is 1. The van der Waals surface area contributed by atoms with E-state index in [2.05, 4.69) is 5.10 Å². The first-order valence-corrected chi connectivity index (χ1v) is 5.95. The van der Waals surface area contributed by atoms with E-state index in [0.717, 1.165) is 18.2 Å². The molecule has 2 aromatic rings. The molecule has 0 saturated carbocycles. The summed E-state index contributed by atoms with van der Waals surface area (Å²) in [7, 11) is 0. The van der Waals surface area contributed by atoms with Gasteiger partial charge >= 0.3 is 12.0 Å². The van der Waals surface area contributed by atoms with Crippen LogP contribution in [0.3, 0.4) is 0 Å². The van der Waals surface area contributed by atoms with Crippen LogP contribution in [0.15, 0.2) is 24.3 Å². The second-order valence-corrected chi connectivity index (χ2v) is 4.37. The van der Waals surface area contributed by atoms with Gasteiger partial charge in [0, 0.05) is 0 Å². The van der Waals surface area contributed by atoms with Crippen molar-refractivity contribution in [3.05, 3.63) is 50.7 Å². The molecule has 0 aliphatic rings. The van der Waals surface area contributed by atoms with Crippen molar-refractivity contribution in [3.8, 4) is 0 Å². The minimum absolute atomic E-state index is 0.512. The number of carbonyl (C=O) groups excluding carboxylic acids is 1. The van der Waals surface area contributed by atoms with E-state index in [4.69, 9.17) is 11.6 Å². The fourth-order valence-electron chi connectivity index (χ4n) is 1.61. The van der Waals surface area contributed by atoms with Crippen molar-refractivity contribution in [2.45, 2.75) is 6.18 Å². The van der Waals surface area contributed by atoms with Crippen LogP contribution < -0.4 is 5.32 Å². The van der Waals surface area contributed by atoms with Gasteiger partial charge in [-0.1, -0.05) is 28.8 Å². The van der Waals surface area contributed by atoms with E-state index in [1.807, 2.05) is 10.4 Å². The molecule has 2 N–H and O–H groups in total. The summed E-state index contributed by atoms with van der Waals surface area (Å²) in [5.74, 6) is -1.83. The van der Waals surface area contributed by atoms with E-state index in [9.17, 15) is 28.1 Å². The normalized spacial score (nSPS) is 11.3. The van der Waals surface area contributed by atoms with Gasteiger partial charge < -0.3 is 15.4 Å². The number of nitrogens with zero attached hydrogens (tertiary/aromatic N) is 2. The van der Waals surface area contributed by atoms with Gasteiger partial charge in [0.15, 0.2) is 10.7 Å². The average Bonchev–Trinajstić information content (AvgIpc) is 2.80. The highest BCUT2D eigenvalue weighted by atomic mass is 35.5. The van der Waals surface area contributed by atoms with Crippen molar-refractivity contribution in [2.24, 2.45) is 0 Å². The van der Waals surface area contributed by atoms with Crippen molar-refractivity contribution in [3.63, 3.8) is 0 Å². The fourth-order valence-corrected chi connectivity index (χ4v) is 1.85. The van der Waals surface area contributed by atoms with Crippen molar-refractivity contribution in [1.29, 1.82) is 0 Å². The molecule has 0 aliphatic carbocycles. The number of anilines is 1. The first-order chi connectivity index (χ1) is 10.2. The summed E-state index contributed by atoms with van der Waals surface area (Å²) in [6, 6.07) is 4.27. The molecule has 0 spiro atoms. The monoisotopic (exact) mass is 334 g/mol. The Morgan fingerprint density at radius 1 is 1.36 bits per heavy atom. The van der Waals surface area contributed by atoms with Crippen molar-refractivity contribution in [2.75, 3.05) is 5.32 Å². The highest BCUT2D eigenvalue weighted by molar-refractivity contribution is 6.35. The standard InChI is InChI=1S/C11H6ClF3N4O3/c12-7-8(17-18-9(7)19(21)22)10(20)16-6-4-2-1-3-5(6)11(13,14)15/h1-4H,(H,16,20)(H,17,18). The zero-order valence-electron chi connectivity index (χ0n) is 10.4. The second-order valence-electron chi connectivity index (χ2n) is 3.99. The number of alkyl halides is 3. The lowest BCUT2D eigenvalue weighted by molar-refractivity contribution is -0.389. The molecule has 7 nitrogen and oxygen atoms in total. The van der Waals surface area contributed by atoms with Crippen LogP contribution in [0.4, 0.5) is 24.7 Å². The summed E-state index contributed by atoms with van der Waals surface area (Å²) in [6.07, 6.45) is -4.68. The van der Waals surface area contributed by atoms with Gasteiger partial charge in [0.2, 0.25) is 0 Å². The molecule has 2 rings (SSSR count). The summed E-state index contributed by atoms with van der Waals surface area (Å²) < 4.78 is 38.4. The number of nitrogens with one attached hydrogen (secondary N) is 2. The van der Waals surface area contributed by atoms with E-state index in [1.54, 1.807) is 0 Å². The minimum Gasteiger partial charge on any atom is -0.358 e. The second kappa shape index (κ2) is 5.64. The minimum atomic E-state index is -4.68. The summed E-state index contributed by atoms with van der Waals surface area (Å²) in [6.45, 7) is 0. The number of para-hydroxylation sites is 1. The molecule has 0 fully saturated rings. The highest BCUT2D eigenvalue weighted by Gasteiger charge is 2.34. The van der Waals surface area contributed by atoms with Crippen LogP contribution in [0.2, 0.25) is 5.02 Å². The number of amides is 1. The Balaban J connectivity index is 2.33. The number of aromatic nitrogens is 2. The molecular formula is C11H6ClF3N4O3. The van der Waals surface area contributed by atoms with Gasteiger partial charge in [0.05, 0.1) is 11.3 Å². The van der Waals surface area contributed by atoms with Gasteiger partial charge in [0.25, 0.3) is 5.91 Å². The van der Waals surface area contributed by atoms with Gasteiger partial charge in [0.1, 0.15) is 0 Å². The van der Waals surface area contributed by atoms with Crippen molar-refractivity contribution < 1.29 is 22.9 Å². The zero-order chi connectivity index (χ0) is 16.5. The van der Waals surface area contributed by atoms with Crippen LogP contribution in [0.25, 0.3) is 0 Å². The Morgan fingerprint density at radius 2 is 2.00 bits per heavy atom. The SMILES string of the molecule is O=C(Nc1ccccc1C(F)(F)F)c1n[nH]c([N+](=O)[O-])c1Cl. The Morgan fingerprint density at radius 3 is 2.55 bits per heavy atom. The van der Waals surface area contributed by atoms with Crippen LogP contribution in [0.5, 0.6) is 0 Å². The molecule has 0 bridgehead atoms. The number of hydrogen-bond donors (Lipinski definition) is 2. The maximum absolute atomic E-state index is 12.8. The lowest BCUT2D eigenvalue weighted by Gasteiger charge is -2.12. The quantitative estimate of drug-likeness (QED) is 0.664. The molecule has 0 aliphatic heterocycles. The Hall–Kier alpha value is -2.62. The largest absolute Gasteiger partial charge is 0.418 e. The topological polar surface area (TPSA) is 101 Å². The Kier molecular flexibility index (Phi) is 4.04. The molecule has 1 aromatic heterocycles. The molecule has 11 heteroatoms. The summed E-state index contributed by atoms with van der Waals surface area (Å²) >= 11 is 5.59. The fraction of sp³-hybridized carbons (Fsp3) is 0.0909. The number of halogens is 4. The summed E-state index contributed by atoms with van der Waals surface area (Å²) in [5, 5.41) is 17.2. The molecule has 0 unspecified atom stereocenters. The van der Waals surface area contributed by atoms with E-state index < -0.39 is 44.8 Å². The third-order valence-electron chi connectivity index (χ3n) is 2.57. The maximum Gasteiger partial charge on any atom is 0.418 e. The van der Waals surface area contributed by atoms with Gasteiger partial charge in [-0.25, -0.2) is 0 Å². The molecule has 0 atom stereocenters. The van der Waals surface area contributed by atoms with Gasteiger partial charge in [-0.15, -0.1) is 5.10 Å². The lowest BCUT2D eigenvalue weighted by Crippen LogP contribution is -2.17. The number of nitro groups is 1. The van der Waals surface area contributed by atoms with E-state index in [1.165, 1.54) is 6.07 Å². The molecule has 0 saturated heterocycles. The predicted molar refractivity (Wildman–Crippen MR) is 69.6 cm³/mol. The molecule has 1 heterocycles. The molecule has 116 valence electrons. The summed E-state index contributed by atoms with van der Waals surface area (Å²) in [4.78, 5) is 21.5. The van der Waals surface area contributed by atoms with E-state index in [0.29, 0.717) is 0 Å². The third-order valence-corrected chi connectivity index (χ3v) is 2.93. The summed E-state index contributed by atoms with van der Waals surface area (Å²) in [5.41, 5.74) is -2.16. The number of carbonyl (C=O) groups is 1. The van der Waals surface area contributed by atoms with E-state index in [-0.39, 0.29) is 0 Å². The molecule has 0 radical (unpaired) electrons. The zero-order valence-corrected chi connectivity index (χ0v) is 11.2. The number of hydrogen-bond acceptors (Lipinski definition) is 4. The Labute approximate surface area is 125 Å². The first-order valence-electron chi connectivity index (χ1n) is 5.57. The van der Waals surface area contributed by atoms with Crippen molar-refractivity contribution in [1.82, 2.24) is 10.2 Å². The third kappa shape index (κ3) is 3.01. The van der Waals surface area contributed by atoms with Crippen LogP contribution in [0, 0.1) is 10.1 Å². The van der Waals surface area contributed by atoms with Crippen LogP contribution >= 0.6 is 11.6 Å². The Bertz CT molecular complexity index is 744. The van der Waals surface area contributed by atoms with Crippen LogP contribution in [0.1, 0.15) is 16.1 Å². The van der Waals surface area contributed by atoms with Crippen LogP contribution in [-0.2, 0) is 6.18 Å². The van der Waals surface area contributed by atoms with Gasteiger partial charge in [-0.2, -0.15) is 13.2 Å².